The maximum Gasteiger partial charge on any atom is 0.433 e. The van der Waals surface area contributed by atoms with Crippen molar-refractivity contribution in [3.8, 4) is 0 Å². The van der Waals surface area contributed by atoms with Gasteiger partial charge >= 0.3 is 6.18 Å². The molecule has 8 heteroatoms. The molecule has 5 nitrogen and oxygen atoms in total. The van der Waals surface area contributed by atoms with Crippen LogP contribution in [0.2, 0.25) is 0 Å². The number of nitrogens with zero attached hydrogens (tertiary/aromatic N) is 2. The summed E-state index contributed by atoms with van der Waals surface area (Å²) in [6.45, 7) is 1.37. The zero-order chi connectivity index (χ0) is 20.6. The molecule has 3 heterocycles. The lowest BCUT2D eigenvalue weighted by molar-refractivity contribution is -0.141. The number of pyridine rings is 1. The largest absolute Gasteiger partial charge is 0.433 e. The van der Waals surface area contributed by atoms with Crippen LogP contribution >= 0.6 is 0 Å². The molecule has 2 aliphatic rings. The summed E-state index contributed by atoms with van der Waals surface area (Å²) in [7, 11) is 1.72. The van der Waals surface area contributed by atoms with Crippen molar-refractivity contribution in [3.05, 3.63) is 29.6 Å². The highest BCUT2D eigenvalue weighted by molar-refractivity contribution is 5.79. The Kier molecular flexibility index (Phi) is 5.55. The van der Waals surface area contributed by atoms with Crippen molar-refractivity contribution in [1.82, 2.24) is 14.9 Å². The molecule has 0 bridgehead atoms. The molecule has 1 aliphatic carbocycles. The molecule has 2 aromatic rings. The van der Waals surface area contributed by atoms with Crippen LogP contribution in [0.3, 0.4) is 0 Å². The first-order valence-electron chi connectivity index (χ1n) is 10.2. The Hall–Kier alpha value is -2.09. The lowest BCUT2D eigenvalue weighted by Crippen LogP contribution is -2.42. The van der Waals surface area contributed by atoms with Crippen molar-refractivity contribution >= 4 is 16.9 Å². The minimum Gasteiger partial charge on any atom is -0.381 e. The number of aromatic nitrogens is 2. The monoisotopic (exact) mass is 409 g/mol. The van der Waals surface area contributed by atoms with Crippen LogP contribution in [0.1, 0.15) is 55.8 Å². The summed E-state index contributed by atoms with van der Waals surface area (Å²) in [5.41, 5.74) is 0.975. The fraction of sp³-hybridized carbons (Fsp3) is 0.619. The number of ether oxygens (including phenoxy) is 1. The van der Waals surface area contributed by atoms with Crippen molar-refractivity contribution < 1.29 is 22.7 Å². The number of likely N-dealkylation sites (tertiary alicyclic amines) is 1. The molecule has 1 aliphatic heterocycles. The number of hydrogen-bond acceptors (Lipinski definition) is 3. The van der Waals surface area contributed by atoms with Gasteiger partial charge in [0.1, 0.15) is 5.69 Å². The van der Waals surface area contributed by atoms with Crippen LogP contribution in [0.5, 0.6) is 0 Å². The number of aromatic amines is 1. The second-order valence-electron chi connectivity index (χ2n) is 8.16. The maximum absolute atomic E-state index is 12.9. The highest BCUT2D eigenvalue weighted by Crippen LogP contribution is 2.34. The molecule has 0 unspecified atom stereocenters. The summed E-state index contributed by atoms with van der Waals surface area (Å²) >= 11 is 0. The van der Waals surface area contributed by atoms with Gasteiger partial charge in [-0.15, -0.1) is 0 Å². The first-order chi connectivity index (χ1) is 13.8. The topological polar surface area (TPSA) is 58.2 Å². The molecule has 1 N–H and O–H groups in total. The van der Waals surface area contributed by atoms with Gasteiger partial charge in [-0.3, -0.25) is 4.79 Å². The first-order valence-corrected chi connectivity index (χ1v) is 10.2. The predicted octanol–water partition coefficient (Wildman–Crippen LogP) is 4.49. The molecule has 0 aromatic carbocycles. The Morgan fingerprint density at radius 3 is 2.45 bits per heavy atom. The van der Waals surface area contributed by atoms with E-state index in [4.69, 9.17) is 4.74 Å². The zero-order valence-corrected chi connectivity index (χ0v) is 16.5. The Morgan fingerprint density at radius 2 is 1.83 bits per heavy atom. The van der Waals surface area contributed by atoms with Gasteiger partial charge in [0.15, 0.2) is 0 Å². The SMILES string of the molecule is COC1CCC(C(=O)N2CCC(c3cc4nc(C(F)(F)F)ccc4[nH]3)CC2)CC1. The predicted molar refractivity (Wildman–Crippen MR) is 102 cm³/mol. The van der Waals surface area contributed by atoms with Crippen molar-refractivity contribution in [3.63, 3.8) is 0 Å². The fourth-order valence-electron chi connectivity index (χ4n) is 4.62. The van der Waals surface area contributed by atoms with Crippen molar-refractivity contribution in [2.45, 2.75) is 56.7 Å². The van der Waals surface area contributed by atoms with Gasteiger partial charge < -0.3 is 14.6 Å². The lowest BCUT2D eigenvalue weighted by Gasteiger charge is -2.36. The Bertz CT molecular complexity index is 864. The number of amides is 1. The van der Waals surface area contributed by atoms with Gasteiger partial charge in [0, 0.05) is 37.7 Å². The van der Waals surface area contributed by atoms with E-state index in [1.807, 2.05) is 4.90 Å². The summed E-state index contributed by atoms with van der Waals surface area (Å²) in [6.07, 6.45) is 1.07. The van der Waals surface area contributed by atoms with Crippen LogP contribution < -0.4 is 0 Å². The average molecular weight is 409 g/mol. The minimum absolute atomic E-state index is 0.0935. The minimum atomic E-state index is -4.44. The van der Waals surface area contributed by atoms with Crippen molar-refractivity contribution in [2.24, 2.45) is 5.92 Å². The normalized spacial score (nSPS) is 24.2. The number of alkyl halides is 3. The van der Waals surface area contributed by atoms with Crippen molar-refractivity contribution in [1.29, 1.82) is 0 Å². The number of methoxy groups -OCH3 is 1. The number of halogens is 3. The fourth-order valence-corrected chi connectivity index (χ4v) is 4.62. The van der Waals surface area contributed by atoms with E-state index in [1.165, 1.54) is 6.07 Å². The maximum atomic E-state index is 12.9. The number of rotatable bonds is 3. The molecule has 4 rings (SSSR count). The lowest BCUT2D eigenvalue weighted by atomic mass is 9.85. The van der Waals surface area contributed by atoms with Crippen molar-refractivity contribution in [2.75, 3.05) is 20.2 Å². The van der Waals surface area contributed by atoms with E-state index in [0.29, 0.717) is 24.1 Å². The van der Waals surface area contributed by atoms with E-state index in [9.17, 15) is 18.0 Å². The van der Waals surface area contributed by atoms with Crippen LogP contribution in [0.25, 0.3) is 11.0 Å². The summed E-state index contributed by atoms with van der Waals surface area (Å²) in [4.78, 5) is 21.7. The molecular weight excluding hydrogens is 383 g/mol. The molecule has 0 radical (unpaired) electrons. The smallest absolute Gasteiger partial charge is 0.381 e. The second kappa shape index (κ2) is 7.97. The molecule has 29 heavy (non-hydrogen) atoms. The number of hydrogen-bond donors (Lipinski definition) is 1. The Labute approximate surface area is 167 Å². The van der Waals surface area contributed by atoms with Crippen LogP contribution in [-0.2, 0) is 15.7 Å². The molecule has 1 saturated heterocycles. The highest BCUT2D eigenvalue weighted by Gasteiger charge is 2.34. The first kappa shape index (κ1) is 20.2. The second-order valence-corrected chi connectivity index (χ2v) is 8.16. The summed E-state index contributed by atoms with van der Waals surface area (Å²) < 4.78 is 44.0. The average Bonchev–Trinajstić information content (AvgIpc) is 3.16. The molecule has 0 atom stereocenters. The summed E-state index contributed by atoms with van der Waals surface area (Å²) in [5, 5.41) is 0. The molecule has 1 saturated carbocycles. The van der Waals surface area contributed by atoms with E-state index in [-0.39, 0.29) is 23.8 Å². The molecule has 2 fully saturated rings. The summed E-state index contributed by atoms with van der Waals surface area (Å²) in [6, 6.07) is 4.16. The third kappa shape index (κ3) is 4.27. The van der Waals surface area contributed by atoms with Gasteiger partial charge in [-0.1, -0.05) is 0 Å². The van der Waals surface area contributed by atoms with Crippen LogP contribution in [0, 0.1) is 5.92 Å². The number of fused-ring (bicyclic) bond motifs is 1. The Balaban J connectivity index is 1.37. The van der Waals surface area contributed by atoms with Gasteiger partial charge in [-0.25, -0.2) is 4.98 Å². The molecule has 2 aromatic heterocycles. The van der Waals surface area contributed by atoms with E-state index >= 15 is 0 Å². The number of carbonyl (C=O) groups is 1. The number of piperidine rings is 1. The van der Waals surface area contributed by atoms with E-state index in [1.54, 1.807) is 13.2 Å². The van der Waals surface area contributed by atoms with Gasteiger partial charge in [-0.2, -0.15) is 13.2 Å². The van der Waals surface area contributed by atoms with E-state index in [2.05, 4.69) is 9.97 Å². The molecule has 158 valence electrons. The third-order valence-electron chi connectivity index (χ3n) is 6.39. The Morgan fingerprint density at radius 1 is 1.14 bits per heavy atom. The standard InChI is InChI=1S/C21H26F3N3O2/c1-29-15-4-2-14(3-5-15)20(28)27-10-8-13(9-11-27)17-12-18-16(25-17)6-7-19(26-18)21(22,23)24/h6-7,12-15,25H,2-5,8-11H2,1H3. The molecular formula is C21H26F3N3O2. The van der Waals surface area contributed by atoms with E-state index < -0.39 is 11.9 Å². The zero-order valence-electron chi connectivity index (χ0n) is 16.5. The van der Waals surface area contributed by atoms with Crippen LogP contribution in [0.4, 0.5) is 13.2 Å². The number of nitrogens with one attached hydrogen (secondary N) is 1. The molecule has 1 amide bonds. The van der Waals surface area contributed by atoms with Gasteiger partial charge in [0.25, 0.3) is 0 Å². The molecule has 0 spiro atoms. The van der Waals surface area contributed by atoms with Gasteiger partial charge in [0.05, 0.1) is 17.1 Å². The van der Waals surface area contributed by atoms with Gasteiger partial charge in [0.2, 0.25) is 5.91 Å². The quantitative estimate of drug-likeness (QED) is 0.813. The number of H-pyrrole nitrogens is 1. The van der Waals surface area contributed by atoms with Crippen LogP contribution in [-0.4, -0.2) is 47.1 Å². The van der Waals surface area contributed by atoms with Crippen LogP contribution in [0.15, 0.2) is 18.2 Å². The van der Waals surface area contributed by atoms with E-state index in [0.717, 1.165) is 50.3 Å². The third-order valence-corrected chi connectivity index (χ3v) is 6.39. The van der Waals surface area contributed by atoms with Gasteiger partial charge in [-0.05, 0) is 56.7 Å². The highest BCUT2D eigenvalue weighted by atomic mass is 19.4. The summed E-state index contributed by atoms with van der Waals surface area (Å²) in [5.74, 6) is 0.536. The number of carbonyl (C=O) groups excluding carboxylic acids is 1.